The number of rotatable bonds is 3. The molecule has 0 spiro atoms. The molecule has 0 atom stereocenters. The number of halogens is 1. The normalized spacial score (nSPS) is 18.8. The quantitative estimate of drug-likeness (QED) is 0.678. The smallest absolute Gasteiger partial charge is 0.410 e. The molecule has 0 aromatic carbocycles. The van der Waals surface area contributed by atoms with Crippen molar-refractivity contribution in [1.82, 2.24) is 19.8 Å². The number of morpholine rings is 1. The van der Waals surface area contributed by atoms with E-state index in [2.05, 4.69) is 19.8 Å². The number of piperazine rings is 1. The van der Waals surface area contributed by atoms with Crippen molar-refractivity contribution < 1.29 is 18.7 Å². The molecule has 30 heavy (non-hydrogen) atoms. The van der Waals surface area contributed by atoms with E-state index in [1.54, 1.807) is 4.90 Å². The molecule has 10 heteroatoms. The predicted molar refractivity (Wildman–Crippen MR) is 113 cm³/mol. The highest BCUT2D eigenvalue weighted by Gasteiger charge is 2.27. The summed E-state index contributed by atoms with van der Waals surface area (Å²) < 4.78 is 17.0. The Kier molecular flexibility index (Phi) is 6.04. The number of aromatic nitrogens is 2. The van der Waals surface area contributed by atoms with Crippen molar-refractivity contribution in [2.45, 2.75) is 32.9 Å². The van der Waals surface area contributed by atoms with Gasteiger partial charge in [-0.1, -0.05) is 0 Å². The number of nitrogens with zero attached hydrogens (tertiary/aromatic N) is 5. The second-order valence-corrected chi connectivity index (χ2v) is 8.92. The number of fused-ring (bicyclic) bond motifs is 1. The molecule has 0 bridgehead atoms. The third-order valence-electron chi connectivity index (χ3n) is 5.09. The first-order valence-electron chi connectivity index (χ1n) is 10.3. The second-order valence-electron chi connectivity index (χ2n) is 8.59. The van der Waals surface area contributed by atoms with Crippen LogP contribution in [0.4, 0.5) is 10.6 Å². The molecule has 1 amide bonds. The summed E-state index contributed by atoms with van der Waals surface area (Å²) in [6.07, 6.45) is -0.258. The lowest BCUT2D eigenvalue weighted by Gasteiger charge is -2.35. The molecule has 2 saturated heterocycles. The van der Waals surface area contributed by atoms with Crippen molar-refractivity contribution in [3.8, 4) is 0 Å². The third kappa shape index (κ3) is 4.96. The first kappa shape index (κ1) is 21.1. The van der Waals surface area contributed by atoms with Gasteiger partial charge in [-0.2, -0.15) is 4.98 Å². The molecule has 2 aromatic heterocycles. The Labute approximate surface area is 180 Å². The van der Waals surface area contributed by atoms with Gasteiger partial charge in [-0.15, -0.1) is 0 Å². The fourth-order valence-electron chi connectivity index (χ4n) is 3.64. The van der Waals surface area contributed by atoms with Crippen LogP contribution >= 0.6 is 11.6 Å². The van der Waals surface area contributed by atoms with Crippen molar-refractivity contribution in [1.29, 1.82) is 0 Å². The maximum atomic E-state index is 12.2. The van der Waals surface area contributed by atoms with Crippen LogP contribution < -0.4 is 4.90 Å². The monoisotopic (exact) mass is 437 g/mol. The lowest BCUT2D eigenvalue weighted by Crippen LogP contribution is -2.49. The Bertz CT molecular complexity index is 898. The van der Waals surface area contributed by atoms with Crippen molar-refractivity contribution in [3.63, 3.8) is 0 Å². The fourth-order valence-corrected chi connectivity index (χ4v) is 3.81. The van der Waals surface area contributed by atoms with Gasteiger partial charge in [-0.3, -0.25) is 4.90 Å². The standard InChI is InChI=1S/C20H28ClN5O4/c1-20(2,3)30-19(27)26-6-4-24(5-7-26)13-14-12-15-16(29-14)17(23-18(21)22-15)25-8-10-28-11-9-25/h12H,4-11,13H2,1-3H3. The van der Waals surface area contributed by atoms with E-state index in [4.69, 9.17) is 25.5 Å². The molecule has 4 rings (SSSR count). The topological polar surface area (TPSA) is 84.2 Å². The summed E-state index contributed by atoms with van der Waals surface area (Å²) in [5.41, 5.74) is 0.880. The number of hydrogen-bond acceptors (Lipinski definition) is 8. The van der Waals surface area contributed by atoms with Crippen LogP contribution in [0, 0.1) is 0 Å². The van der Waals surface area contributed by atoms with Gasteiger partial charge in [0.15, 0.2) is 11.4 Å². The molecule has 0 unspecified atom stereocenters. The van der Waals surface area contributed by atoms with E-state index in [0.717, 1.165) is 31.9 Å². The molecule has 4 heterocycles. The molecule has 2 fully saturated rings. The summed E-state index contributed by atoms with van der Waals surface area (Å²) in [6.45, 7) is 11.8. The highest BCUT2D eigenvalue weighted by Crippen LogP contribution is 2.29. The molecule has 2 aromatic rings. The van der Waals surface area contributed by atoms with Gasteiger partial charge in [-0.05, 0) is 32.4 Å². The summed E-state index contributed by atoms with van der Waals surface area (Å²) in [5, 5.41) is 0.210. The summed E-state index contributed by atoms with van der Waals surface area (Å²) in [4.78, 5) is 27.1. The molecule has 0 N–H and O–H groups in total. The molecule has 0 saturated carbocycles. The van der Waals surface area contributed by atoms with Crippen LogP contribution in [0.25, 0.3) is 11.1 Å². The zero-order valence-electron chi connectivity index (χ0n) is 17.7. The summed E-state index contributed by atoms with van der Waals surface area (Å²) in [6, 6.07) is 1.92. The second kappa shape index (κ2) is 8.56. The summed E-state index contributed by atoms with van der Waals surface area (Å²) in [7, 11) is 0. The molecule has 0 aliphatic carbocycles. The lowest BCUT2D eigenvalue weighted by molar-refractivity contribution is 0.0135. The van der Waals surface area contributed by atoms with Gasteiger partial charge < -0.3 is 23.7 Å². The Morgan fingerprint density at radius 1 is 1.13 bits per heavy atom. The molecular weight excluding hydrogens is 410 g/mol. The van der Waals surface area contributed by atoms with E-state index in [0.29, 0.717) is 49.8 Å². The van der Waals surface area contributed by atoms with Gasteiger partial charge in [0.25, 0.3) is 0 Å². The van der Waals surface area contributed by atoms with E-state index in [-0.39, 0.29) is 11.4 Å². The van der Waals surface area contributed by atoms with Gasteiger partial charge in [0, 0.05) is 45.3 Å². The Morgan fingerprint density at radius 2 is 1.83 bits per heavy atom. The minimum Gasteiger partial charge on any atom is -0.454 e. The number of furan rings is 1. The Morgan fingerprint density at radius 3 is 2.50 bits per heavy atom. The summed E-state index contributed by atoms with van der Waals surface area (Å²) >= 11 is 6.15. The van der Waals surface area contributed by atoms with Crippen molar-refractivity contribution in [2.24, 2.45) is 0 Å². The van der Waals surface area contributed by atoms with Crippen molar-refractivity contribution in [2.75, 3.05) is 57.4 Å². The maximum absolute atomic E-state index is 12.2. The van der Waals surface area contributed by atoms with E-state index in [1.807, 2.05) is 26.8 Å². The SMILES string of the molecule is CC(C)(C)OC(=O)N1CCN(Cc2cc3nc(Cl)nc(N4CCOCC4)c3o2)CC1. The minimum atomic E-state index is -0.483. The van der Waals surface area contributed by atoms with Crippen LogP contribution in [0.1, 0.15) is 26.5 Å². The molecule has 2 aliphatic heterocycles. The minimum absolute atomic E-state index is 0.210. The number of ether oxygens (including phenoxy) is 2. The Balaban J connectivity index is 1.42. The van der Waals surface area contributed by atoms with Crippen LogP contribution in [-0.4, -0.2) is 83.9 Å². The van der Waals surface area contributed by atoms with Crippen LogP contribution in [0.2, 0.25) is 5.28 Å². The maximum Gasteiger partial charge on any atom is 0.410 e. The highest BCUT2D eigenvalue weighted by atomic mass is 35.5. The first-order chi connectivity index (χ1) is 14.3. The number of hydrogen-bond donors (Lipinski definition) is 0. The lowest BCUT2D eigenvalue weighted by atomic mass is 10.2. The average Bonchev–Trinajstić information content (AvgIpc) is 3.09. The van der Waals surface area contributed by atoms with Crippen LogP contribution in [0.3, 0.4) is 0 Å². The zero-order valence-corrected chi connectivity index (χ0v) is 18.4. The number of anilines is 1. The van der Waals surface area contributed by atoms with Crippen molar-refractivity contribution in [3.05, 3.63) is 17.1 Å². The zero-order chi connectivity index (χ0) is 21.3. The number of carbonyl (C=O) groups is 1. The number of carbonyl (C=O) groups excluding carboxylic acids is 1. The highest BCUT2D eigenvalue weighted by molar-refractivity contribution is 6.28. The van der Waals surface area contributed by atoms with E-state index < -0.39 is 5.60 Å². The van der Waals surface area contributed by atoms with Crippen molar-refractivity contribution >= 4 is 34.6 Å². The molecule has 0 radical (unpaired) electrons. The molecular formula is C20H28ClN5O4. The van der Waals surface area contributed by atoms with Crippen LogP contribution in [0.5, 0.6) is 0 Å². The van der Waals surface area contributed by atoms with Gasteiger partial charge >= 0.3 is 6.09 Å². The van der Waals surface area contributed by atoms with E-state index in [1.165, 1.54) is 0 Å². The third-order valence-corrected chi connectivity index (χ3v) is 5.26. The fraction of sp³-hybridized carbons (Fsp3) is 0.650. The van der Waals surface area contributed by atoms with E-state index >= 15 is 0 Å². The Hall–Kier alpha value is -2.10. The van der Waals surface area contributed by atoms with Gasteiger partial charge in [0.2, 0.25) is 5.28 Å². The van der Waals surface area contributed by atoms with Gasteiger partial charge in [-0.25, -0.2) is 9.78 Å². The van der Waals surface area contributed by atoms with Gasteiger partial charge in [0.05, 0.1) is 19.8 Å². The van der Waals surface area contributed by atoms with Gasteiger partial charge in [0.1, 0.15) is 16.9 Å². The van der Waals surface area contributed by atoms with Crippen LogP contribution in [0.15, 0.2) is 10.5 Å². The summed E-state index contributed by atoms with van der Waals surface area (Å²) in [5.74, 6) is 1.52. The first-order valence-corrected chi connectivity index (χ1v) is 10.7. The predicted octanol–water partition coefficient (Wildman–Crippen LogP) is 2.77. The molecule has 164 valence electrons. The molecule has 2 aliphatic rings. The number of amides is 1. The van der Waals surface area contributed by atoms with E-state index in [9.17, 15) is 4.79 Å². The average molecular weight is 438 g/mol. The van der Waals surface area contributed by atoms with Crippen LogP contribution in [-0.2, 0) is 16.0 Å². The molecule has 9 nitrogen and oxygen atoms in total. The largest absolute Gasteiger partial charge is 0.454 e.